The molecule has 0 aliphatic rings. The molecule has 0 aliphatic heterocycles. The van der Waals surface area contributed by atoms with Crippen LogP contribution in [0.3, 0.4) is 0 Å². The second kappa shape index (κ2) is 6.52. The number of rotatable bonds is 4. The summed E-state index contributed by atoms with van der Waals surface area (Å²) < 4.78 is 18.7. The molecular formula is C14H11BrFN2O4+. The maximum Gasteiger partial charge on any atom is 0.340 e. The monoisotopic (exact) mass is 369 g/mol. The van der Waals surface area contributed by atoms with Gasteiger partial charge in [-0.15, -0.1) is 0 Å². The number of benzene rings is 2. The molecule has 22 heavy (non-hydrogen) atoms. The average molecular weight is 370 g/mol. The van der Waals surface area contributed by atoms with Gasteiger partial charge in [0.15, 0.2) is 11.6 Å². The van der Waals surface area contributed by atoms with E-state index in [1.54, 1.807) is 6.07 Å². The SMILES string of the molecule is COc1cc(C(=O)Nc2ccc(Br)cc2[N+](=O)O)ccc1F. The first-order valence-corrected chi connectivity index (χ1v) is 6.82. The summed E-state index contributed by atoms with van der Waals surface area (Å²) in [7, 11) is 1.29. The molecule has 0 saturated carbocycles. The van der Waals surface area contributed by atoms with Crippen molar-refractivity contribution in [3.63, 3.8) is 0 Å². The van der Waals surface area contributed by atoms with Gasteiger partial charge in [-0.1, -0.05) is 15.9 Å². The highest BCUT2D eigenvalue weighted by molar-refractivity contribution is 9.10. The molecule has 0 bridgehead atoms. The van der Waals surface area contributed by atoms with E-state index in [1.807, 2.05) is 0 Å². The van der Waals surface area contributed by atoms with Crippen LogP contribution in [-0.2, 0) is 0 Å². The second-order valence-corrected chi connectivity index (χ2v) is 5.15. The maximum absolute atomic E-state index is 13.3. The van der Waals surface area contributed by atoms with E-state index < -0.39 is 11.7 Å². The van der Waals surface area contributed by atoms with Crippen molar-refractivity contribution in [1.82, 2.24) is 0 Å². The summed E-state index contributed by atoms with van der Waals surface area (Å²) in [5.74, 6) is -1.25. The van der Waals surface area contributed by atoms with E-state index in [-0.39, 0.29) is 27.6 Å². The first-order valence-electron chi connectivity index (χ1n) is 6.03. The molecule has 0 unspecified atom stereocenters. The lowest BCUT2D eigenvalue weighted by molar-refractivity contribution is -0.729. The van der Waals surface area contributed by atoms with Gasteiger partial charge in [0, 0.05) is 16.1 Å². The normalized spacial score (nSPS) is 10.1. The number of anilines is 1. The Bertz CT molecular complexity index is 752. The molecule has 2 rings (SSSR count). The molecule has 2 N–H and O–H groups in total. The number of ether oxygens (including phenoxy) is 1. The number of carbonyl (C=O) groups excluding carboxylic acids is 1. The Morgan fingerprint density at radius 2 is 2.05 bits per heavy atom. The van der Waals surface area contributed by atoms with E-state index in [1.165, 1.54) is 31.4 Å². The largest absolute Gasteiger partial charge is 0.494 e. The summed E-state index contributed by atoms with van der Waals surface area (Å²) >= 11 is 3.16. The molecular weight excluding hydrogens is 359 g/mol. The molecule has 6 nitrogen and oxygen atoms in total. The van der Waals surface area contributed by atoms with Gasteiger partial charge in [-0.2, -0.15) is 0 Å². The standard InChI is InChI=1S/C14H10BrFN2O4/c1-22-13-6-8(2-4-10(13)16)14(19)17-11-5-3-9(15)7-12(11)18(20)21/h2-7H,1H3,(H-,17,19,20,21)/p+1. The van der Waals surface area contributed by atoms with Gasteiger partial charge in [0.1, 0.15) is 5.69 Å². The summed E-state index contributed by atoms with van der Waals surface area (Å²) in [6.07, 6.45) is 0. The van der Waals surface area contributed by atoms with Crippen molar-refractivity contribution in [3.05, 3.63) is 57.2 Å². The average Bonchev–Trinajstić information content (AvgIpc) is 2.49. The summed E-state index contributed by atoms with van der Waals surface area (Å²) in [4.78, 5) is 22.9. The molecule has 0 heterocycles. The lowest BCUT2D eigenvalue weighted by atomic mass is 10.2. The third-order valence-electron chi connectivity index (χ3n) is 2.83. The Morgan fingerprint density at radius 3 is 2.68 bits per heavy atom. The molecule has 2 aromatic rings. The van der Waals surface area contributed by atoms with Crippen LogP contribution in [-0.4, -0.2) is 23.1 Å². The third-order valence-corrected chi connectivity index (χ3v) is 3.32. The Hall–Kier alpha value is -2.48. The summed E-state index contributed by atoms with van der Waals surface area (Å²) in [6.45, 7) is 0. The van der Waals surface area contributed by atoms with E-state index in [0.717, 1.165) is 6.07 Å². The topological polar surface area (TPSA) is 78.6 Å². The van der Waals surface area contributed by atoms with Crippen LogP contribution >= 0.6 is 15.9 Å². The van der Waals surface area contributed by atoms with Crippen LogP contribution in [0.2, 0.25) is 0 Å². The summed E-state index contributed by atoms with van der Waals surface area (Å²) in [6, 6.07) is 7.99. The highest BCUT2D eigenvalue weighted by atomic mass is 79.9. The Labute approximate surface area is 133 Å². The number of halogens is 2. The number of amides is 1. The van der Waals surface area contributed by atoms with Crippen LogP contribution in [0, 0.1) is 10.7 Å². The molecule has 0 aliphatic carbocycles. The minimum absolute atomic E-state index is 0.0729. The summed E-state index contributed by atoms with van der Waals surface area (Å²) in [5.41, 5.74) is 0.105. The van der Waals surface area contributed by atoms with E-state index in [4.69, 9.17) is 9.94 Å². The Morgan fingerprint density at radius 1 is 1.32 bits per heavy atom. The predicted molar refractivity (Wildman–Crippen MR) is 80.1 cm³/mol. The van der Waals surface area contributed by atoms with Crippen molar-refractivity contribution in [1.29, 1.82) is 0 Å². The fourth-order valence-electron chi connectivity index (χ4n) is 1.76. The van der Waals surface area contributed by atoms with Gasteiger partial charge in [-0.3, -0.25) is 4.79 Å². The Kier molecular flexibility index (Phi) is 4.71. The van der Waals surface area contributed by atoms with Gasteiger partial charge in [0.25, 0.3) is 10.8 Å². The predicted octanol–water partition coefficient (Wildman–Crippen LogP) is 3.65. The van der Waals surface area contributed by atoms with Crippen LogP contribution in [0.1, 0.15) is 10.4 Å². The van der Waals surface area contributed by atoms with Crippen LogP contribution in [0.4, 0.5) is 15.8 Å². The lowest BCUT2D eigenvalue weighted by Crippen LogP contribution is -2.13. The molecule has 0 atom stereocenters. The van der Waals surface area contributed by atoms with Gasteiger partial charge >= 0.3 is 5.69 Å². The van der Waals surface area contributed by atoms with Crippen molar-refractivity contribution in [2.45, 2.75) is 0 Å². The van der Waals surface area contributed by atoms with Crippen molar-refractivity contribution in [3.8, 4) is 5.75 Å². The summed E-state index contributed by atoms with van der Waals surface area (Å²) in [5, 5.41) is 11.5. The van der Waals surface area contributed by atoms with Gasteiger partial charge in [-0.25, -0.2) is 9.60 Å². The number of hydrogen-bond acceptors (Lipinski definition) is 3. The lowest BCUT2D eigenvalue weighted by Gasteiger charge is -2.07. The number of nitrogens with one attached hydrogen (secondary N) is 1. The van der Waals surface area contributed by atoms with Gasteiger partial charge in [-0.05, 0) is 30.3 Å². The molecule has 114 valence electrons. The molecule has 2 aromatic carbocycles. The van der Waals surface area contributed by atoms with Crippen LogP contribution < -0.4 is 10.1 Å². The van der Waals surface area contributed by atoms with Crippen LogP contribution in [0.15, 0.2) is 40.9 Å². The number of nitrogens with zero attached hydrogens (tertiary/aromatic N) is 1. The van der Waals surface area contributed by atoms with Gasteiger partial charge in [0.2, 0.25) is 0 Å². The van der Waals surface area contributed by atoms with Gasteiger partial charge in [0.05, 0.1) is 12.0 Å². The van der Waals surface area contributed by atoms with Gasteiger partial charge < -0.3 is 10.1 Å². The fraction of sp³-hybridized carbons (Fsp3) is 0.0714. The van der Waals surface area contributed by atoms with Crippen LogP contribution in [0.25, 0.3) is 0 Å². The highest BCUT2D eigenvalue weighted by Crippen LogP contribution is 2.28. The molecule has 0 fully saturated rings. The molecule has 0 radical (unpaired) electrons. The van der Waals surface area contributed by atoms with E-state index in [2.05, 4.69) is 21.2 Å². The van der Waals surface area contributed by atoms with Crippen molar-refractivity contribution < 1.29 is 24.1 Å². The minimum Gasteiger partial charge on any atom is -0.494 e. The molecule has 0 aromatic heterocycles. The zero-order valence-corrected chi connectivity index (χ0v) is 12.9. The van der Waals surface area contributed by atoms with E-state index in [9.17, 15) is 14.1 Å². The van der Waals surface area contributed by atoms with Crippen molar-refractivity contribution >= 4 is 33.2 Å². The molecule has 1 amide bonds. The Balaban J connectivity index is 2.31. The van der Waals surface area contributed by atoms with E-state index >= 15 is 0 Å². The number of methoxy groups -OCH3 is 1. The first-order chi connectivity index (χ1) is 10.4. The zero-order valence-electron chi connectivity index (χ0n) is 11.3. The van der Waals surface area contributed by atoms with Crippen molar-refractivity contribution in [2.75, 3.05) is 12.4 Å². The molecule has 8 heteroatoms. The number of carbonyl (C=O) groups is 1. The maximum atomic E-state index is 13.3. The van der Waals surface area contributed by atoms with E-state index in [0.29, 0.717) is 4.47 Å². The van der Waals surface area contributed by atoms with Crippen LogP contribution in [0.5, 0.6) is 5.75 Å². The second-order valence-electron chi connectivity index (χ2n) is 4.24. The fourth-order valence-corrected chi connectivity index (χ4v) is 2.11. The first kappa shape index (κ1) is 15.9. The molecule has 0 spiro atoms. The quantitative estimate of drug-likeness (QED) is 0.806. The zero-order chi connectivity index (χ0) is 16.3. The minimum atomic E-state index is -0.593. The smallest absolute Gasteiger partial charge is 0.340 e. The number of hydrogen-bond donors (Lipinski definition) is 2. The molecule has 0 saturated heterocycles. The van der Waals surface area contributed by atoms with Crippen molar-refractivity contribution in [2.24, 2.45) is 0 Å². The highest BCUT2D eigenvalue weighted by Gasteiger charge is 2.21. The third kappa shape index (κ3) is 3.40.